The first-order valence-corrected chi connectivity index (χ1v) is 3.20. The number of hydrogen-bond donors (Lipinski definition) is 3. The molecule has 0 aromatic rings. The number of rotatable bonds is 2. The third-order valence-electron chi connectivity index (χ3n) is 1.75. The van der Waals surface area contributed by atoms with Gasteiger partial charge in [-0.05, 0) is 6.42 Å². The van der Waals surface area contributed by atoms with Crippen LogP contribution in [-0.2, 0) is 0 Å². The molecule has 1 rings (SSSR count). The molecular formula is C6H12N2O. The summed E-state index contributed by atoms with van der Waals surface area (Å²) in [5.74, 6) is 0. The summed E-state index contributed by atoms with van der Waals surface area (Å²) in [5.41, 5.74) is -0.351. The fourth-order valence-corrected chi connectivity index (χ4v) is 0.904. The highest BCUT2D eigenvalue weighted by atomic mass is 16.3. The van der Waals surface area contributed by atoms with Gasteiger partial charge >= 0.3 is 0 Å². The van der Waals surface area contributed by atoms with Crippen molar-refractivity contribution in [2.75, 3.05) is 13.1 Å². The van der Waals surface area contributed by atoms with Gasteiger partial charge in [0.1, 0.15) is 5.60 Å². The summed E-state index contributed by atoms with van der Waals surface area (Å²) in [6.07, 6.45) is 0.651. The van der Waals surface area contributed by atoms with Crippen molar-refractivity contribution in [3.8, 4) is 0 Å². The van der Waals surface area contributed by atoms with E-state index < -0.39 is 5.60 Å². The average molecular weight is 128 g/mol. The number of hydrogen-bond acceptors (Lipinski definition) is 3. The molecule has 1 aliphatic heterocycles. The predicted octanol–water partition coefficient (Wildman–Crippen LogP) is -0.250. The lowest BCUT2D eigenvalue weighted by Gasteiger charge is -2.37. The predicted molar refractivity (Wildman–Crippen MR) is 35.8 cm³/mol. The second-order valence-corrected chi connectivity index (χ2v) is 2.47. The topological polar surface area (TPSA) is 56.1 Å². The third-order valence-corrected chi connectivity index (χ3v) is 1.75. The lowest BCUT2D eigenvalue weighted by Crippen LogP contribution is -2.63. The molecule has 9 heavy (non-hydrogen) atoms. The summed E-state index contributed by atoms with van der Waals surface area (Å²) in [5, 5.41) is 19.6. The van der Waals surface area contributed by atoms with Crippen LogP contribution < -0.4 is 5.32 Å². The van der Waals surface area contributed by atoms with E-state index in [4.69, 9.17) is 5.41 Å². The van der Waals surface area contributed by atoms with Crippen molar-refractivity contribution in [2.45, 2.75) is 18.9 Å². The minimum atomic E-state index is -0.797. The van der Waals surface area contributed by atoms with E-state index >= 15 is 0 Å². The summed E-state index contributed by atoms with van der Waals surface area (Å²) in [7, 11) is 0. The highest BCUT2D eigenvalue weighted by molar-refractivity contribution is 5.90. The van der Waals surface area contributed by atoms with Crippen LogP contribution in [0.1, 0.15) is 13.3 Å². The maximum atomic E-state index is 9.39. The van der Waals surface area contributed by atoms with Crippen LogP contribution in [0.4, 0.5) is 0 Å². The van der Waals surface area contributed by atoms with Crippen LogP contribution in [0.25, 0.3) is 0 Å². The first kappa shape index (κ1) is 6.71. The van der Waals surface area contributed by atoms with E-state index in [2.05, 4.69) is 5.32 Å². The molecule has 0 spiro atoms. The lowest BCUT2D eigenvalue weighted by molar-refractivity contribution is 0.0547. The SMILES string of the molecule is CCC(=N)C1(O)CNC1. The van der Waals surface area contributed by atoms with Gasteiger partial charge in [-0.2, -0.15) is 0 Å². The molecule has 0 aromatic heterocycles. The third kappa shape index (κ3) is 0.976. The Bertz CT molecular complexity index is 129. The number of β-amino-alcohol motifs (C(OH)–C–C–N with tert-alkyl or cyclic N) is 1. The van der Waals surface area contributed by atoms with Crippen LogP contribution >= 0.6 is 0 Å². The van der Waals surface area contributed by atoms with Gasteiger partial charge in [0.15, 0.2) is 0 Å². The minimum absolute atomic E-state index is 0.446. The van der Waals surface area contributed by atoms with Crippen LogP contribution in [0.5, 0.6) is 0 Å². The van der Waals surface area contributed by atoms with Gasteiger partial charge in [-0.25, -0.2) is 0 Å². The summed E-state index contributed by atoms with van der Waals surface area (Å²) >= 11 is 0. The number of nitrogens with one attached hydrogen (secondary N) is 2. The Labute approximate surface area is 54.6 Å². The molecular weight excluding hydrogens is 116 g/mol. The summed E-state index contributed by atoms with van der Waals surface area (Å²) in [6.45, 7) is 3.00. The smallest absolute Gasteiger partial charge is 0.127 e. The molecule has 1 aliphatic rings. The molecule has 0 saturated carbocycles. The van der Waals surface area contributed by atoms with Gasteiger partial charge in [0.2, 0.25) is 0 Å². The van der Waals surface area contributed by atoms with Crippen LogP contribution in [0, 0.1) is 5.41 Å². The first-order valence-electron chi connectivity index (χ1n) is 3.20. The molecule has 3 nitrogen and oxygen atoms in total. The Balaban J connectivity index is 2.49. The van der Waals surface area contributed by atoms with Gasteiger partial charge in [-0.3, -0.25) is 0 Å². The van der Waals surface area contributed by atoms with E-state index in [0.29, 0.717) is 25.2 Å². The normalized spacial score (nSPS) is 22.9. The molecule has 0 unspecified atom stereocenters. The fraction of sp³-hybridized carbons (Fsp3) is 0.833. The molecule has 0 aromatic carbocycles. The molecule has 0 atom stereocenters. The Kier molecular flexibility index (Phi) is 1.55. The Morgan fingerprint density at radius 2 is 2.33 bits per heavy atom. The molecule has 0 amide bonds. The van der Waals surface area contributed by atoms with Gasteiger partial charge in [0, 0.05) is 18.8 Å². The minimum Gasteiger partial charge on any atom is -0.381 e. The fourth-order valence-electron chi connectivity index (χ4n) is 0.904. The second kappa shape index (κ2) is 2.08. The Hall–Kier alpha value is -0.410. The standard InChI is InChI=1S/C6H12N2O/c1-2-5(7)6(9)3-8-4-6/h7-9H,2-4H2,1H3. The quantitative estimate of drug-likeness (QED) is 0.449. The van der Waals surface area contributed by atoms with E-state index in [9.17, 15) is 5.11 Å². The highest BCUT2D eigenvalue weighted by Gasteiger charge is 2.37. The lowest BCUT2D eigenvalue weighted by atomic mass is 9.90. The molecule has 52 valence electrons. The van der Waals surface area contributed by atoms with Crippen molar-refractivity contribution in [3.63, 3.8) is 0 Å². The van der Waals surface area contributed by atoms with Crippen molar-refractivity contribution in [3.05, 3.63) is 0 Å². The zero-order valence-corrected chi connectivity index (χ0v) is 5.57. The molecule has 1 fully saturated rings. The van der Waals surface area contributed by atoms with Gasteiger partial charge in [0.25, 0.3) is 0 Å². The largest absolute Gasteiger partial charge is 0.381 e. The van der Waals surface area contributed by atoms with Crippen molar-refractivity contribution in [2.24, 2.45) is 0 Å². The molecule has 0 radical (unpaired) electrons. The van der Waals surface area contributed by atoms with Crippen LogP contribution in [0.3, 0.4) is 0 Å². The molecule has 1 saturated heterocycles. The van der Waals surface area contributed by atoms with Crippen molar-refractivity contribution < 1.29 is 5.11 Å². The van der Waals surface area contributed by atoms with E-state index in [0.717, 1.165) is 0 Å². The van der Waals surface area contributed by atoms with Gasteiger partial charge < -0.3 is 15.8 Å². The molecule has 0 bridgehead atoms. The maximum absolute atomic E-state index is 9.39. The van der Waals surface area contributed by atoms with Gasteiger partial charge in [-0.1, -0.05) is 6.92 Å². The van der Waals surface area contributed by atoms with Gasteiger partial charge in [-0.15, -0.1) is 0 Å². The monoisotopic (exact) mass is 128 g/mol. The Morgan fingerprint density at radius 1 is 1.78 bits per heavy atom. The summed E-state index contributed by atoms with van der Waals surface area (Å²) in [4.78, 5) is 0. The van der Waals surface area contributed by atoms with Crippen LogP contribution in [0.2, 0.25) is 0 Å². The van der Waals surface area contributed by atoms with Crippen molar-refractivity contribution in [1.82, 2.24) is 5.32 Å². The van der Waals surface area contributed by atoms with E-state index in [1.165, 1.54) is 0 Å². The molecule has 0 aliphatic carbocycles. The number of aliphatic hydroxyl groups is 1. The zero-order valence-electron chi connectivity index (χ0n) is 5.57. The Morgan fingerprint density at radius 3 is 2.44 bits per heavy atom. The first-order chi connectivity index (χ1) is 4.19. The van der Waals surface area contributed by atoms with Crippen LogP contribution in [-0.4, -0.2) is 29.5 Å². The van der Waals surface area contributed by atoms with E-state index in [1.54, 1.807) is 0 Å². The van der Waals surface area contributed by atoms with E-state index in [-0.39, 0.29) is 0 Å². The zero-order chi connectivity index (χ0) is 6.91. The van der Waals surface area contributed by atoms with Gasteiger partial charge in [0.05, 0.1) is 0 Å². The highest BCUT2D eigenvalue weighted by Crippen LogP contribution is 2.13. The maximum Gasteiger partial charge on any atom is 0.127 e. The average Bonchev–Trinajstić information content (AvgIpc) is 1.81. The van der Waals surface area contributed by atoms with Crippen molar-refractivity contribution >= 4 is 5.71 Å². The second-order valence-electron chi connectivity index (χ2n) is 2.47. The summed E-state index contributed by atoms with van der Waals surface area (Å²) < 4.78 is 0. The summed E-state index contributed by atoms with van der Waals surface area (Å²) in [6, 6.07) is 0. The van der Waals surface area contributed by atoms with Crippen molar-refractivity contribution in [1.29, 1.82) is 5.41 Å². The van der Waals surface area contributed by atoms with E-state index in [1.807, 2.05) is 6.92 Å². The molecule has 1 heterocycles. The molecule has 3 heteroatoms. The molecule has 3 N–H and O–H groups in total. The van der Waals surface area contributed by atoms with Crippen LogP contribution in [0.15, 0.2) is 0 Å².